The van der Waals surface area contributed by atoms with Gasteiger partial charge >= 0.3 is 6.18 Å². The molecule has 0 aliphatic carbocycles. The number of carbonyl (C=O) groups is 2. The summed E-state index contributed by atoms with van der Waals surface area (Å²) in [6.07, 6.45) is -3.26. The Morgan fingerprint density at radius 1 is 1.09 bits per heavy atom. The highest BCUT2D eigenvalue weighted by Gasteiger charge is 2.31. The van der Waals surface area contributed by atoms with Gasteiger partial charge in [-0.3, -0.25) is 9.59 Å². The Balaban J connectivity index is 1.99. The van der Waals surface area contributed by atoms with Crippen molar-refractivity contribution in [2.75, 3.05) is 27.2 Å². The van der Waals surface area contributed by atoms with E-state index in [0.717, 1.165) is 12.1 Å². The first kappa shape index (κ1) is 17.3. The van der Waals surface area contributed by atoms with Crippen LogP contribution in [-0.4, -0.2) is 48.8 Å². The van der Waals surface area contributed by atoms with Crippen LogP contribution in [0.5, 0.6) is 0 Å². The number of amides is 2. The largest absolute Gasteiger partial charge is 0.416 e. The fourth-order valence-electron chi connectivity index (χ4n) is 2.68. The molecule has 126 valence electrons. The van der Waals surface area contributed by atoms with Gasteiger partial charge in [-0.2, -0.15) is 13.2 Å². The van der Waals surface area contributed by atoms with Crippen molar-refractivity contribution in [2.45, 2.75) is 19.0 Å². The second-order valence-corrected chi connectivity index (χ2v) is 5.87. The number of piperidine rings is 1. The van der Waals surface area contributed by atoms with E-state index in [9.17, 15) is 22.8 Å². The van der Waals surface area contributed by atoms with E-state index in [-0.39, 0.29) is 23.3 Å². The van der Waals surface area contributed by atoms with Crippen LogP contribution in [-0.2, 0) is 11.0 Å². The fraction of sp³-hybridized carbons (Fsp3) is 0.500. The van der Waals surface area contributed by atoms with Gasteiger partial charge in [0, 0.05) is 38.7 Å². The highest BCUT2D eigenvalue weighted by molar-refractivity contribution is 5.94. The summed E-state index contributed by atoms with van der Waals surface area (Å²) in [4.78, 5) is 27.3. The maximum atomic E-state index is 12.5. The first-order valence-corrected chi connectivity index (χ1v) is 7.38. The van der Waals surface area contributed by atoms with E-state index in [1.165, 1.54) is 17.0 Å². The van der Waals surface area contributed by atoms with Crippen LogP contribution >= 0.6 is 0 Å². The summed E-state index contributed by atoms with van der Waals surface area (Å²) < 4.78 is 37.6. The molecule has 7 heteroatoms. The standard InChI is InChI=1S/C16H19F3N2O2/c1-20(2)14(22)12-7-9-21(10-8-12)15(23)11-3-5-13(6-4-11)16(17,18)19/h3-6,12H,7-10H2,1-2H3. The number of hydrogen-bond acceptors (Lipinski definition) is 2. The van der Waals surface area contributed by atoms with Crippen LogP contribution < -0.4 is 0 Å². The van der Waals surface area contributed by atoms with Gasteiger partial charge in [-0.05, 0) is 37.1 Å². The van der Waals surface area contributed by atoms with Gasteiger partial charge < -0.3 is 9.80 Å². The number of likely N-dealkylation sites (tertiary alicyclic amines) is 1. The molecule has 1 fully saturated rings. The normalized spacial score (nSPS) is 16.3. The van der Waals surface area contributed by atoms with Crippen LogP contribution in [0.3, 0.4) is 0 Å². The number of alkyl halides is 3. The lowest BCUT2D eigenvalue weighted by Crippen LogP contribution is -2.42. The van der Waals surface area contributed by atoms with Crippen molar-refractivity contribution in [3.05, 3.63) is 35.4 Å². The van der Waals surface area contributed by atoms with E-state index in [4.69, 9.17) is 0 Å². The molecule has 23 heavy (non-hydrogen) atoms. The Hall–Kier alpha value is -2.05. The number of hydrogen-bond donors (Lipinski definition) is 0. The Bertz CT molecular complexity index is 574. The topological polar surface area (TPSA) is 40.6 Å². The zero-order valence-corrected chi connectivity index (χ0v) is 13.1. The van der Waals surface area contributed by atoms with Gasteiger partial charge in [0.15, 0.2) is 0 Å². The molecule has 0 spiro atoms. The summed E-state index contributed by atoms with van der Waals surface area (Å²) in [7, 11) is 3.39. The molecule has 0 N–H and O–H groups in total. The highest BCUT2D eigenvalue weighted by Crippen LogP contribution is 2.29. The second-order valence-electron chi connectivity index (χ2n) is 5.87. The van der Waals surface area contributed by atoms with Gasteiger partial charge in [-0.15, -0.1) is 0 Å². The number of rotatable bonds is 2. The van der Waals surface area contributed by atoms with Crippen molar-refractivity contribution in [3.63, 3.8) is 0 Å². The van der Waals surface area contributed by atoms with Crippen LogP contribution in [0.1, 0.15) is 28.8 Å². The lowest BCUT2D eigenvalue weighted by molar-refractivity contribution is -0.137. The lowest BCUT2D eigenvalue weighted by Gasteiger charge is -2.32. The summed E-state index contributed by atoms with van der Waals surface area (Å²) in [5.74, 6) is -0.345. The van der Waals surface area contributed by atoms with Gasteiger partial charge in [-0.1, -0.05) is 0 Å². The van der Waals surface area contributed by atoms with E-state index in [2.05, 4.69) is 0 Å². The monoisotopic (exact) mass is 328 g/mol. The Kier molecular flexibility index (Phi) is 4.97. The molecule has 0 radical (unpaired) electrons. The summed E-state index contributed by atoms with van der Waals surface area (Å²) in [6.45, 7) is 0.869. The molecule has 1 aliphatic heterocycles. The average molecular weight is 328 g/mol. The first-order valence-electron chi connectivity index (χ1n) is 7.38. The summed E-state index contributed by atoms with van der Waals surface area (Å²) >= 11 is 0. The van der Waals surface area contributed by atoms with Gasteiger partial charge in [-0.25, -0.2) is 0 Å². The zero-order valence-electron chi connectivity index (χ0n) is 13.1. The third-order valence-electron chi connectivity index (χ3n) is 4.03. The molecule has 1 aliphatic rings. The Morgan fingerprint density at radius 2 is 1.61 bits per heavy atom. The molecule has 4 nitrogen and oxygen atoms in total. The number of benzene rings is 1. The fourth-order valence-corrected chi connectivity index (χ4v) is 2.68. The van der Waals surface area contributed by atoms with Crippen LogP contribution in [0.2, 0.25) is 0 Å². The number of nitrogens with zero attached hydrogens (tertiary/aromatic N) is 2. The number of carbonyl (C=O) groups excluding carboxylic acids is 2. The van der Waals surface area contributed by atoms with Crippen LogP contribution in [0.15, 0.2) is 24.3 Å². The Morgan fingerprint density at radius 3 is 2.04 bits per heavy atom. The van der Waals surface area contributed by atoms with Gasteiger partial charge in [0.05, 0.1) is 5.56 Å². The van der Waals surface area contributed by atoms with Gasteiger partial charge in [0.25, 0.3) is 5.91 Å². The van der Waals surface area contributed by atoms with Gasteiger partial charge in [0.1, 0.15) is 0 Å². The van der Waals surface area contributed by atoms with Crippen molar-refractivity contribution in [3.8, 4) is 0 Å². The number of halogens is 3. The molecule has 0 atom stereocenters. The predicted octanol–water partition coefficient (Wildman–Crippen LogP) is 2.65. The third-order valence-corrected chi connectivity index (χ3v) is 4.03. The van der Waals surface area contributed by atoms with Crippen molar-refractivity contribution >= 4 is 11.8 Å². The first-order chi connectivity index (χ1) is 10.7. The minimum absolute atomic E-state index is 0.0478. The van der Waals surface area contributed by atoms with Gasteiger partial charge in [0.2, 0.25) is 5.91 Å². The maximum absolute atomic E-state index is 12.5. The van der Waals surface area contributed by atoms with Crippen molar-refractivity contribution in [2.24, 2.45) is 5.92 Å². The summed E-state index contributed by atoms with van der Waals surface area (Å²) in [5.41, 5.74) is -0.542. The molecule has 0 saturated carbocycles. The maximum Gasteiger partial charge on any atom is 0.416 e. The van der Waals surface area contributed by atoms with Crippen LogP contribution in [0.25, 0.3) is 0 Å². The highest BCUT2D eigenvalue weighted by atomic mass is 19.4. The van der Waals surface area contributed by atoms with Crippen LogP contribution in [0.4, 0.5) is 13.2 Å². The summed E-state index contributed by atoms with van der Waals surface area (Å²) in [6, 6.07) is 4.22. The summed E-state index contributed by atoms with van der Waals surface area (Å²) in [5, 5.41) is 0. The third kappa shape index (κ3) is 4.03. The van der Waals surface area contributed by atoms with Crippen molar-refractivity contribution in [1.82, 2.24) is 9.80 Å². The Labute approximate surface area is 132 Å². The quantitative estimate of drug-likeness (QED) is 0.837. The molecule has 1 saturated heterocycles. The van der Waals surface area contributed by atoms with Crippen LogP contribution in [0, 0.1) is 5.92 Å². The van der Waals surface area contributed by atoms with E-state index < -0.39 is 11.7 Å². The van der Waals surface area contributed by atoms with E-state index in [1.54, 1.807) is 19.0 Å². The molecular weight excluding hydrogens is 309 g/mol. The minimum atomic E-state index is -4.41. The molecule has 0 unspecified atom stereocenters. The second kappa shape index (κ2) is 6.60. The molecule has 2 amide bonds. The van der Waals surface area contributed by atoms with E-state index >= 15 is 0 Å². The molecule has 1 aromatic carbocycles. The molecule has 0 bridgehead atoms. The molecule has 2 rings (SSSR count). The molecular formula is C16H19F3N2O2. The van der Waals surface area contributed by atoms with Crippen molar-refractivity contribution < 1.29 is 22.8 Å². The predicted molar refractivity (Wildman–Crippen MR) is 78.8 cm³/mol. The molecule has 1 heterocycles. The minimum Gasteiger partial charge on any atom is -0.349 e. The van der Waals surface area contributed by atoms with Crippen molar-refractivity contribution in [1.29, 1.82) is 0 Å². The van der Waals surface area contributed by atoms with E-state index in [0.29, 0.717) is 25.9 Å². The smallest absolute Gasteiger partial charge is 0.349 e. The SMILES string of the molecule is CN(C)C(=O)C1CCN(C(=O)c2ccc(C(F)(F)F)cc2)CC1. The van der Waals surface area contributed by atoms with E-state index in [1.807, 2.05) is 0 Å². The molecule has 0 aromatic heterocycles. The lowest BCUT2D eigenvalue weighted by atomic mass is 9.95. The molecule has 1 aromatic rings. The zero-order chi connectivity index (χ0) is 17.2. The average Bonchev–Trinajstić information content (AvgIpc) is 2.53.